The van der Waals surface area contributed by atoms with Crippen LogP contribution < -0.4 is 20.1 Å². The Balaban J connectivity index is 1.83. The highest BCUT2D eigenvalue weighted by Gasteiger charge is 2.00. The van der Waals surface area contributed by atoms with Crippen molar-refractivity contribution in [2.75, 3.05) is 26.8 Å². The molecule has 0 radical (unpaired) electrons. The normalized spacial score (nSPS) is 11.1. The molecule has 27 heavy (non-hydrogen) atoms. The highest BCUT2D eigenvalue weighted by molar-refractivity contribution is 5.79. The van der Waals surface area contributed by atoms with E-state index < -0.39 is 0 Å². The third kappa shape index (κ3) is 7.56. The Labute approximate surface area is 162 Å². The van der Waals surface area contributed by atoms with Crippen LogP contribution in [-0.4, -0.2) is 37.7 Å². The highest BCUT2D eigenvalue weighted by atomic mass is 16.5. The Morgan fingerprint density at radius 3 is 2.44 bits per heavy atom. The summed E-state index contributed by atoms with van der Waals surface area (Å²) in [6, 6.07) is 12.0. The summed E-state index contributed by atoms with van der Waals surface area (Å²) in [6.45, 7) is 7.01. The first-order chi connectivity index (χ1) is 13.2. The maximum absolute atomic E-state index is 5.50. The summed E-state index contributed by atoms with van der Waals surface area (Å²) in [5.41, 5.74) is 2.30. The molecule has 0 saturated carbocycles. The fraction of sp³-hybridized carbons (Fsp3) is 0.429. The van der Waals surface area contributed by atoms with Gasteiger partial charge in [-0.2, -0.15) is 0 Å². The Morgan fingerprint density at radius 1 is 1.04 bits per heavy atom. The monoisotopic (exact) mass is 370 g/mol. The summed E-state index contributed by atoms with van der Waals surface area (Å²) in [7, 11) is 1.68. The van der Waals surface area contributed by atoms with Crippen LogP contribution in [0, 0.1) is 0 Å². The fourth-order valence-corrected chi connectivity index (χ4v) is 2.43. The average Bonchev–Trinajstić information content (AvgIpc) is 2.71. The van der Waals surface area contributed by atoms with Crippen molar-refractivity contribution in [2.45, 2.75) is 33.2 Å². The number of nitrogens with zero attached hydrogens (tertiary/aromatic N) is 2. The number of nitrogens with one attached hydrogen (secondary N) is 2. The summed E-state index contributed by atoms with van der Waals surface area (Å²) in [5, 5.41) is 6.64. The second kappa shape index (κ2) is 11.8. The van der Waals surface area contributed by atoms with Crippen molar-refractivity contribution in [1.29, 1.82) is 0 Å². The Hall–Kier alpha value is -2.76. The zero-order valence-electron chi connectivity index (χ0n) is 16.5. The van der Waals surface area contributed by atoms with Crippen molar-refractivity contribution >= 4 is 5.96 Å². The molecule has 2 N–H and O–H groups in total. The first kappa shape index (κ1) is 20.6. The Kier molecular flexibility index (Phi) is 8.96. The molecule has 0 unspecified atom stereocenters. The molecule has 1 heterocycles. The van der Waals surface area contributed by atoms with Crippen LogP contribution in [0.2, 0.25) is 0 Å². The predicted molar refractivity (Wildman–Crippen MR) is 110 cm³/mol. The van der Waals surface area contributed by atoms with Crippen LogP contribution in [0.15, 0.2) is 47.6 Å². The second-order valence-electron chi connectivity index (χ2n) is 6.07. The van der Waals surface area contributed by atoms with E-state index in [-0.39, 0.29) is 0 Å². The molecule has 0 aliphatic carbocycles. The van der Waals surface area contributed by atoms with Crippen LogP contribution in [0.4, 0.5) is 0 Å². The van der Waals surface area contributed by atoms with Gasteiger partial charge in [-0.25, -0.2) is 9.98 Å². The molecule has 0 aliphatic heterocycles. The summed E-state index contributed by atoms with van der Waals surface area (Å²) >= 11 is 0. The van der Waals surface area contributed by atoms with Gasteiger partial charge in [-0.05, 0) is 43.0 Å². The third-order valence-electron chi connectivity index (χ3n) is 3.88. The number of guanidine groups is 1. The first-order valence-corrected chi connectivity index (χ1v) is 9.48. The van der Waals surface area contributed by atoms with E-state index in [2.05, 4.69) is 46.6 Å². The van der Waals surface area contributed by atoms with Crippen molar-refractivity contribution in [3.8, 4) is 11.6 Å². The van der Waals surface area contributed by atoms with Gasteiger partial charge in [0.2, 0.25) is 5.88 Å². The van der Waals surface area contributed by atoms with Crippen LogP contribution in [0.25, 0.3) is 0 Å². The molecule has 0 aliphatic rings. The summed E-state index contributed by atoms with van der Waals surface area (Å²) in [4.78, 5) is 8.94. The summed E-state index contributed by atoms with van der Waals surface area (Å²) < 4.78 is 10.7. The van der Waals surface area contributed by atoms with Crippen molar-refractivity contribution in [3.05, 3.63) is 53.7 Å². The number of hydrogen-bond donors (Lipinski definition) is 2. The number of methoxy groups -OCH3 is 1. The predicted octanol–water partition coefficient (Wildman–Crippen LogP) is 3.18. The minimum absolute atomic E-state index is 0.568. The van der Waals surface area contributed by atoms with E-state index in [1.807, 2.05) is 30.5 Å². The molecule has 0 spiro atoms. The van der Waals surface area contributed by atoms with E-state index in [0.29, 0.717) is 19.0 Å². The maximum Gasteiger partial charge on any atom is 0.213 e. The molecule has 0 fully saturated rings. The quantitative estimate of drug-likeness (QED) is 0.497. The second-order valence-corrected chi connectivity index (χ2v) is 6.07. The van der Waals surface area contributed by atoms with Crippen molar-refractivity contribution < 1.29 is 9.47 Å². The highest BCUT2D eigenvalue weighted by Crippen LogP contribution is 2.11. The molecule has 2 rings (SSSR count). The van der Waals surface area contributed by atoms with Crippen LogP contribution in [0.5, 0.6) is 11.6 Å². The Bertz CT molecular complexity index is 684. The SMILES string of the molecule is CCCOc1ccc(CN=C(NCC)NCCc2ccc(OC)cc2)cn1. The van der Waals surface area contributed by atoms with Gasteiger partial charge in [0, 0.05) is 25.4 Å². The number of aliphatic imine (C=N–C) groups is 1. The number of ether oxygens (including phenoxy) is 2. The van der Waals surface area contributed by atoms with Gasteiger partial charge in [0.05, 0.1) is 20.3 Å². The van der Waals surface area contributed by atoms with E-state index in [1.165, 1.54) is 5.56 Å². The van der Waals surface area contributed by atoms with E-state index in [0.717, 1.165) is 43.2 Å². The number of benzene rings is 1. The molecule has 0 saturated heterocycles. The van der Waals surface area contributed by atoms with Gasteiger partial charge in [0.1, 0.15) is 5.75 Å². The van der Waals surface area contributed by atoms with E-state index in [1.54, 1.807) is 7.11 Å². The molecular formula is C21H30N4O2. The minimum Gasteiger partial charge on any atom is -0.497 e. The minimum atomic E-state index is 0.568. The number of hydrogen-bond acceptors (Lipinski definition) is 4. The molecule has 0 bridgehead atoms. The van der Waals surface area contributed by atoms with E-state index in [4.69, 9.17) is 9.47 Å². The molecule has 1 aromatic carbocycles. The smallest absolute Gasteiger partial charge is 0.213 e. The topological polar surface area (TPSA) is 67.8 Å². The first-order valence-electron chi connectivity index (χ1n) is 9.48. The van der Waals surface area contributed by atoms with E-state index in [9.17, 15) is 0 Å². The van der Waals surface area contributed by atoms with Gasteiger partial charge in [0.15, 0.2) is 5.96 Å². The van der Waals surface area contributed by atoms with Crippen LogP contribution in [0.3, 0.4) is 0 Å². The van der Waals surface area contributed by atoms with Gasteiger partial charge in [-0.3, -0.25) is 0 Å². The Morgan fingerprint density at radius 2 is 1.81 bits per heavy atom. The lowest BCUT2D eigenvalue weighted by Crippen LogP contribution is -2.38. The third-order valence-corrected chi connectivity index (χ3v) is 3.88. The lowest BCUT2D eigenvalue weighted by molar-refractivity contribution is 0.305. The molecule has 146 valence electrons. The zero-order chi connectivity index (χ0) is 19.3. The fourth-order valence-electron chi connectivity index (χ4n) is 2.43. The average molecular weight is 370 g/mol. The molecule has 6 heteroatoms. The maximum atomic E-state index is 5.50. The summed E-state index contributed by atoms with van der Waals surface area (Å²) in [5.74, 6) is 2.34. The standard InChI is InChI=1S/C21H30N4O2/c1-4-14-27-20-11-8-18(15-24-20)16-25-21(22-5-2)23-13-12-17-6-9-19(26-3)10-7-17/h6-11,15H,4-5,12-14,16H2,1-3H3,(H2,22,23,25). The number of rotatable bonds is 10. The zero-order valence-corrected chi connectivity index (χ0v) is 16.5. The molecule has 0 atom stereocenters. The van der Waals surface area contributed by atoms with Crippen LogP contribution >= 0.6 is 0 Å². The van der Waals surface area contributed by atoms with Crippen LogP contribution in [0.1, 0.15) is 31.4 Å². The van der Waals surface area contributed by atoms with Crippen molar-refractivity contribution in [1.82, 2.24) is 15.6 Å². The van der Waals surface area contributed by atoms with Crippen molar-refractivity contribution in [3.63, 3.8) is 0 Å². The van der Waals surface area contributed by atoms with E-state index >= 15 is 0 Å². The molecule has 6 nitrogen and oxygen atoms in total. The van der Waals surface area contributed by atoms with Gasteiger partial charge in [-0.1, -0.05) is 25.1 Å². The largest absolute Gasteiger partial charge is 0.497 e. The van der Waals surface area contributed by atoms with Gasteiger partial charge in [0.25, 0.3) is 0 Å². The van der Waals surface area contributed by atoms with Gasteiger partial charge in [-0.15, -0.1) is 0 Å². The van der Waals surface area contributed by atoms with Crippen LogP contribution in [-0.2, 0) is 13.0 Å². The van der Waals surface area contributed by atoms with Crippen molar-refractivity contribution in [2.24, 2.45) is 4.99 Å². The lowest BCUT2D eigenvalue weighted by Gasteiger charge is -2.11. The van der Waals surface area contributed by atoms with Gasteiger partial charge < -0.3 is 20.1 Å². The molecule has 0 amide bonds. The molecular weight excluding hydrogens is 340 g/mol. The molecule has 1 aromatic heterocycles. The summed E-state index contributed by atoms with van der Waals surface area (Å²) in [6.07, 6.45) is 3.71. The number of pyridine rings is 1. The van der Waals surface area contributed by atoms with Gasteiger partial charge >= 0.3 is 0 Å². The lowest BCUT2D eigenvalue weighted by atomic mass is 10.1. The number of aromatic nitrogens is 1. The molecule has 2 aromatic rings.